The Hall–Kier alpha value is -2.56. The van der Waals surface area contributed by atoms with Gasteiger partial charge in [-0.3, -0.25) is 0 Å². The first-order valence-corrected chi connectivity index (χ1v) is 7.05. The molecule has 2 N–H and O–H groups in total. The van der Waals surface area contributed by atoms with Gasteiger partial charge in [-0.25, -0.2) is 9.37 Å². The fraction of sp³-hybridized carbons (Fsp3) is 0.235. The highest BCUT2D eigenvalue weighted by molar-refractivity contribution is 6.15. The number of nitrogens with zero attached hydrogens (tertiary/aromatic N) is 2. The van der Waals surface area contributed by atoms with Crippen molar-refractivity contribution in [1.29, 1.82) is 10.8 Å². The van der Waals surface area contributed by atoms with Crippen LogP contribution in [-0.2, 0) is 0 Å². The molecule has 4 nitrogen and oxygen atoms in total. The van der Waals surface area contributed by atoms with Gasteiger partial charge < -0.3 is 15.4 Å². The summed E-state index contributed by atoms with van der Waals surface area (Å²) in [4.78, 5) is 4.52. The highest BCUT2D eigenvalue weighted by Gasteiger charge is 2.29. The van der Waals surface area contributed by atoms with Gasteiger partial charge in [-0.05, 0) is 44.0 Å². The van der Waals surface area contributed by atoms with Crippen molar-refractivity contribution in [1.82, 2.24) is 9.55 Å². The predicted octanol–water partition coefficient (Wildman–Crippen LogP) is 4.39. The maximum absolute atomic E-state index is 13.5. The Bertz CT molecular complexity index is 753. The molecular formula is C17H19FN4. The maximum Gasteiger partial charge on any atom is 0.142 e. The minimum Gasteiger partial charge on any atom is -0.321 e. The third kappa shape index (κ3) is 3.03. The molecule has 1 aromatic carbocycles. The van der Waals surface area contributed by atoms with Crippen LogP contribution in [0.25, 0.3) is 16.6 Å². The molecule has 22 heavy (non-hydrogen) atoms. The van der Waals surface area contributed by atoms with Crippen molar-refractivity contribution in [3.63, 3.8) is 0 Å². The molecular weight excluding hydrogens is 279 g/mol. The normalized spacial score (nSPS) is 14.4. The van der Waals surface area contributed by atoms with Crippen molar-refractivity contribution < 1.29 is 4.39 Å². The van der Waals surface area contributed by atoms with E-state index in [1.807, 2.05) is 4.57 Å². The van der Waals surface area contributed by atoms with Gasteiger partial charge in [0.1, 0.15) is 11.6 Å². The molecule has 0 saturated heterocycles. The van der Waals surface area contributed by atoms with Crippen molar-refractivity contribution in [2.45, 2.75) is 25.8 Å². The van der Waals surface area contributed by atoms with E-state index in [4.69, 9.17) is 10.8 Å². The largest absolute Gasteiger partial charge is 0.321 e. The average Bonchev–Trinajstić information content (AvgIpc) is 3.27. The van der Waals surface area contributed by atoms with E-state index >= 15 is 0 Å². The molecule has 1 aliphatic carbocycles. The van der Waals surface area contributed by atoms with E-state index in [1.165, 1.54) is 18.3 Å². The Morgan fingerprint density at radius 2 is 2.09 bits per heavy atom. The second-order valence-corrected chi connectivity index (χ2v) is 5.10. The molecule has 1 saturated carbocycles. The van der Waals surface area contributed by atoms with Crippen LogP contribution in [0.15, 0.2) is 37.4 Å². The van der Waals surface area contributed by atoms with E-state index < -0.39 is 0 Å². The van der Waals surface area contributed by atoms with E-state index in [9.17, 15) is 4.39 Å². The summed E-state index contributed by atoms with van der Waals surface area (Å²) in [7, 11) is 0. The molecule has 0 aliphatic heterocycles. The number of benzene rings is 1. The third-order valence-electron chi connectivity index (χ3n) is 3.35. The zero-order valence-electron chi connectivity index (χ0n) is 12.6. The number of allylic oxidation sites excluding steroid dienone is 2. The van der Waals surface area contributed by atoms with Gasteiger partial charge in [0.2, 0.25) is 0 Å². The zero-order valence-corrected chi connectivity index (χ0v) is 12.6. The summed E-state index contributed by atoms with van der Waals surface area (Å²) in [5.74, 6) is 0.365. The molecule has 3 rings (SSSR count). The Labute approximate surface area is 129 Å². The first-order chi connectivity index (χ1) is 10.6. The van der Waals surface area contributed by atoms with E-state index in [2.05, 4.69) is 18.1 Å². The van der Waals surface area contributed by atoms with Gasteiger partial charge in [0.05, 0.1) is 11.0 Å². The lowest BCUT2D eigenvalue weighted by atomic mass is 10.2. The highest BCUT2D eigenvalue weighted by atomic mass is 19.1. The number of nitrogens with one attached hydrogen (secondary N) is 2. The van der Waals surface area contributed by atoms with Crippen LogP contribution < -0.4 is 0 Å². The molecule has 1 aliphatic rings. The first kappa shape index (κ1) is 15.8. The summed E-state index contributed by atoms with van der Waals surface area (Å²) >= 11 is 0. The van der Waals surface area contributed by atoms with Crippen LogP contribution in [-0.4, -0.2) is 21.5 Å². The molecule has 1 heterocycles. The van der Waals surface area contributed by atoms with Crippen LogP contribution in [0.1, 0.15) is 31.6 Å². The molecule has 1 aromatic heterocycles. The van der Waals surface area contributed by atoms with Crippen molar-refractivity contribution in [3.05, 3.63) is 49.1 Å². The summed E-state index contributed by atoms with van der Waals surface area (Å²) < 4.78 is 15.5. The smallest absolute Gasteiger partial charge is 0.142 e. The lowest BCUT2D eigenvalue weighted by Crippen LogP contribution is -2.03. The molecule has 5 heteroatoms. The van der Waals surface area contributed by atoms with E-state index in [-0.39, 0.29) is 5.82 Å². The van der Waals surface area contributed by atoms with Crippen molar-refractivity contribution in [3.8, 4) is 0 Å². The molecule has 1 fully saturated rings. The fourth-order valence-electron chi connectivity index (χ4n) is 2.38. The van der Waals surface area contributed by atoms with Crippen LogP contribution in [0.2, 0.25) is 0 Å². The van der Waals surface area contributed by atoms with Gasteiger partial charge in [-0.2, -0.15) is 0 Å². The van der Waals surface area contributed by atoms with Crippen molar-refractivity contribution in [2.75, 3.05) is 0 Å². The summed E-state index contributed by atoms with van der Waals surface area (Å²) in [5, 5.41) is 15.1. The van der Waals surface area contributed by atoms with E-state index in [1.54, 1.807) is 19.1 Å². The zero-order chi connectivity index (χ0) is 16.3. The molecule has 0 bridgehead atoms. The number of fused-ring (bicyclic) bond motifs is 1. The number of halogens is 1. The molecule has 114 valence electrons. The van der Waals surface area contributed by atoms with Crippen LogP contribution in [0.3, 0.4) is 0 Å². The molecule has 0 spiro atoms. The van der Waals surface area contributed by atoms with Gasteiger partial charge in [0, 0.05) is 23.5 Å². The van der Waals surface area contributed by atoms with Crippen LogP contribution in [0.5, 0.6) is 0 Å². The Morgan fingerprint density at radius 3 is 2.64 bits per heavy atom. The minimum atomic E-state index is -0.283. The SMILES string of the molecule is C=C.CC(=N)/C=C(\C=N)c1nc2ccc(F)cc2n1C1CC1. The van der Waals surface area contributed by atoms with Crippen LogP contribution >= 0.6 is 0 Å². The van der Waals surface area contributed by atoms with E-state index in [0.717, 1.165) is 23.9 Å². The molecule has 0 amide bonds. The van der Waals surface area contributed by atoms with Crippen molar-refractivity contribution in [2.24, 2.45) is 0 Å². The summed E-state index contributed by atoms with van der Waals surface area (Å²) in [6, 6.07) is 4.87. The number of hydrogen-bond acceptors (Lipinski definition) is 3. The topological polar surface area (TPSA) is 65.5 Å². The minimum absolute atomic E-state index is 0.283. The second kappa shape index (κ2) is 6.47. The monoisotopic (exact) mass is 298 g/mol. The quantitative estimate of drug-likeness (QED) is 0.638. The molecule has 2 aromatic rings. The maximum atomic E-state index is 13.5. The van der Waals surface area contributed by atoms with Gasteiger partial charge in [-0.1, -0.05) is 0 Å². The van der Waals surface area contributed by atoms with Crippen LogP contribution in [0, 0.1) is 16.6 Å². The first-order valence-electron chi connectivity index (χ1n) is 7.05. The number of imidazole rings is 1. The van der Waals surface area contributed by atoms with Crippen LogP contribution in [0.4, 0.5) is 4.39 Å². The molecule has 0 atom stereocenters. The van der Waals surface area contributed by atoms with Gasteiger partial charge in [-0.15, -0.1) is 13.2 Å². The predicted molar refractivity (Wildman–Crippen MR) is 89.4 cm³/mol. The Balaban J connectivity index is 0.000000847. The molecule has 0 radical (unpaired) electrons. The van der Waals surface area contributed by atoms with E-state index in [0.29, 0.717) is 23.2 Å². The number of hydrogen-bond donors (Lipinski definition) is 2. The average molecular weight is 298 g/mol. The highest BCUT2D eigenvalue weighted by Crippen LogP contribution is 2.40. The fourth-order valence-corrected chi connectivity index (χ4v) is 2.38. The summed E-state index contributed by atoms with van der Waals surface area (Å²) in [6.07, 6.45) is 4.91. The van der Waals surface area contributed by atoms with Gasteiger partial charge in [0.25, 0.3) is 0 Å². The number of aromatic nitrogens is 2. The Morgan fingerprint density at radius 1 is 1.41 bits per heavy atom. The third-order valence-corrected chi connectivity index (χ3v) is 3.35. The van der Waals surface area contributed by atoms with Crippen molar-refractivity contribution >= 4 is 28.5 Å². The van der Waals surface area contributed by atoms with Gasteiger partial charge in [0.15, 0.2) is 0 Å². The molecule has 0 unspecified atom stereocenters. The number of rotatable bonds is 4. The standard InChI is InChI=1S/C15H15FN4.C2H4/c1-9(18)6-10(8-17)15-19-13-5-2-11(16)7-14(13)20(15)12-3-4-12;1-2/h2,5-8,12,17-18H,3-4H2,1H3;1-2H2/b10-6+,17-8?,18-9?;. The summed E-state index contributed by atoms with van der Waals surface area (Å²) in [6.45, 7) is 7.66. The second-order valence-electron chi connectivity index (χ2n) is 5.10. The lowest BCUT2D eigenvalue weighted by molar-refractivity contribution is 0.628. The lowest BCUT2D eigenvalue weighted by Gasteiger charge is -2.07. The Kier molecular flexibility index (Phi) is 4.65. The summed E-state index contributed by atoms with van der Waals surface area (Å²) in [5.41, 5.74) is 2.44. The van der Waals surface area contributed by atoms with Gasteiger partial charge >= 0.3 is 0 Å².